The van der Waals surface area contributed by atoms with Crippen LogP contribution in [0.15, 0.2) is 44.0 Å². The summed E-state index contributed by atoms with van der Waals surface area (Å²) in [6.45, 7) is 0. The Labute approximate surface area is 140 Å². The van der Waals surface area contributed by atoms with Crippen LogP contribution in [0.1, 0.15) is 5.56 Å². The molecule has 132 valence electrons. The molecule has 0 saturated heterocycles. The summed E-state index contributed by atoms with van der Waals surface area (Å²) in [5.41, 5.74) is -1.62. The van der Waals surface area contributed by atoms with Crippen LogP contribution >= 0.6 is 0 Å². The molecule has 12 nitrogen and oxygen atoms in total. The van der Waals surface area contributed by atoms with Crippen molar-refractivity contribution in [2.45, 2.75) is 5.03 Å². The van der Waals surface area contributed by atoms with Crippen molar-refractivity contribution in [3.63, 3.8) is 0 Å². The van der Waals surface area contributed by atoms with Gasteiger partial charge in [0.1, 0.15) is 0 Å². The van der Waals surface area contributed by atoms with E-state index in [9.17, 15) is 28.1 Å². The Balaban J connectivity index is 2.27. The zero-order valence-electron chi connectivity index (χ0n) is 13.0. The summed E-state index contributed by atoms with van der Waals surface area (Å²) in [6, 6.07) is 5.17. The minimum atomic E-state index is -4.40. The van der Waals surface area contributed by atoms with Crippen LogP contribution in [0.25, 0.3) is 0 Å². The molecule has 0 aliphatic rings. The third kappa shape index (κ3) is 3.77. The molecule has 2 aromatic rings. The van der Waals surface area contributed by atoms with Gasteiger partial charge in [0.15, 0.2) is 0 Å². The van der Waals surface area contributed by atoms with E-state index in [-0.39, 0.29) is 5.69 Å². The smallest absolute Gasteiger partial charge is 0.266 e. The summed E-state index contributed by atoms with van der Waals surface area (Å²) >= 11 is 0. The number of nitrogens with one attached hydrogen (secondary N) is 1. The van der Waals surface area contributed by atoms with Gasteiger partial charge in [0.25, 0.3) is 16.3 Å². The Kier molecular flexibility index (Phi) is 4.78. The number of aryl methyl sites for hydroxylation is 1. The lowest BCUT2D eigenvalue weighted by Gasteiger charge is -2.05. The second kappa shape index (κ2) is 6.64. The molecule has 1 aromatic heterocycles. The fraction of sp³-hybridized carbons (Fsp3) is 0.167. The Bertz CT molecular complexity index is 1070. The van der Waals surface area contributed by atoms with E-state index < -0.39 is 31.2 Å². The molecule has 13 heteroatoms. The van der Waals surface area contributed by atoms with E-state index in [4.69, 9.17) is 0 Å². The first-order valence-electron chi connectivity index (χ1n) is 6.57. The predicted octanol–water partition coefficient (Wildman–Crippen LogP) is -1.30. The Morgan fingerprint density at radius 2 is 1.84 bits per heavy atom. The van der Waals surface area contributed by atoms with Crippen LogP contribution in [0, 0.1) is 10.1 Å². The zero-order chi connectivity index (χ0) is 18.8. The SMILES string of the molecule is Cn1nc(S(=O)(=O)NN=Cc2ccc([N+](=O)[O-])cc2)c(=O)n(C)c1=O. The van der Waals surface area contributed by atoms with Gasteiger partial charge in [-0.3, -0.25) is 19.5 Å². The van der Waals surface area contributed by atoms with Crippen molar-refractivity contribution < 1.29 is 13.3 Å². The van der Waals surface area contributed by atoms with E-state index in [2.05, 4.69) is 10.2 Å². The van der Waals surface area contributed by atoms with Crippen LogP contribution in [0.4, 0.5) is 5.69 Å². The zero-order valence-corrected chi connectivity index (χ0v) is 13.8. The lowest BCUT2D eigenvalue weighted by Crippen LogP contribution is -2.43. The molecule has 0 radical (unpaired) electrons. The predicted molar refractivity (Wildman–Crippen MR) is 85.7 cm³/mol. The first kappa shape index (κ1) is 18.0. The average Bonchev–Trinajstić information content (AvgIpc) is 2.56. The molecule has 0 aliphatic heterocycles. The van der Waals surface area contributed by atoms with Gasteiger partial charge in [-0.05, 0) is 17.7 Å². The number of aromatic nitrogens is 3. The number of non-ortho nitro benzene ring substituents is 1. The Morgan fingerprint density at radius 1 is 1.24 bits per heavy atom. The topological polar surface area (TPSA) is 159 Å². The molecule has 0 unspecified atom stereocenters. The molecule has 0 fully saturated rings. The molecular formula is C12H12N6O6S. The van der Waals surface area contributed by atoms with E-state index in [0.717, 1.165) is 13.3 Å². The fourth-order valence-electron chi connectivity index (χ4n) is 1.73. The van der Waals surface area contributed by atoms with E-state index in [1.165, 1.54) is 31.3 Å². The maximum Gasteiger partial charge on any atom is 0.346 e. The summed E-state index contributed by atoms with van der Waals surface area (Å²) in [4.78, 5) is 35.1. The van der Waals surface area contributed by atoms with Crippen LogP contribution in [-0.4, -0.2) is 33.9 Å². The normalized spacial score (nSPS) is 11.6. The van der Waals surface area contributed by atoms with Crippen molar-refractivity contribution in [2.24, 2.45) is 19.2 Å². The van der Waals surface area contributed by atoms with E-state index in [0.29, 0.717) is 14.8 Å². The number of nitro benzene ring substituents is 1. The van der Waals surface area contributed by atoms with Crippen LogP contribution in [-0.2, 0) is 24.1 Å². The minimum absolute atomic E-state index is 0.129. The quantitative estimate of drug-likeness (QED) is 0.390. The summed E-state index contributed by atoms with van der Waals surface area (Å²) in [6.07, 6.45) is 1.09. The monoisotopic (exact) mass is 368 g/mol. The number of hydrogen-bond acceptors (Lipinski definition) is 8. The lowest BCUT2D eigenvalue weighted by atomic mass is 10.2. The van der Waals surface area contributed by atoms with Crippen molar-refractivity contribution in [3.05, 3.63) is 60.8 Å². The number of nitrogens with zero attached hydrogens (tertiary/aromatic N) is 5. The number of hydrazone groups is 1. The summed E-state index contributed by atoms with van der Waals surface area (Å²) in [5, 5.41) is 16.6. The van der Waals surface area contributed by atoms with Gasteiger partial charge in [0.05, 0.1) is 11.1 Å². The van der Waals surface area contributed by atoms with Crippen molar-refractivity contribution >= 4 is 21.9 Å². The lowest BCUT2D eigenvalue weighted by molar-refractivity contribution is -0.384. The van der Waals surface area contributed by atoms with Crippen LogP contribution in [0.5, 0.6) is 0 Å². The average molecular weight is 368 g/mol. The highest BCUT2D eigenvalue weighted by atomic mass is 32.2. The molecule has 0 amide bonds. The van der Waals surface area contributed by atoms with Crippen LogP contribution in [0.2, 0.25) is 0 Å². The first-order chi connectivity index (χ1) is 11.6. The summed E-state index contributed by atoms with van der Waals surface area (Å²) in [5.74, 6) is 0. The molecule has 1 aromatic carbocycles. The van der Waals surface area contributed by atoms with Crippen molar-refractivity contribution in [2.75, 3.05) is 0 Å². The third-order valence-corrected chi connectivity index (χ3v) is 4.15. The van der Waals surface area contributed by atoms with Crippen molar-refractivity contribution in [3.8, 4) is 0 Å². The van der Waals surface area contributed by atoms with Gasteiger partial charge in [0.2, 0.25) is 0 Å². The highest BCUT2D eigenvalue weighted by molar-refractivity contribution is 7.89. The largest absolute Gasteiger partial charge is 0.346 e. The molecule has 25 heavy (non-hydrogen) atoms. The van der Waals surface area contributed by atoms with Gasteiger partial charge < -0.3 is 0 Å². The summed E-state index contributed by atoms with van der Waals surface area (Å²) in [7, 11) is -2.09. The number of hydrogen-bond donors (Lipinski definition) is 1. The van der Waals surface area contributed by atoms with E-state index in [1.807, 2.05) is 0 Å². The maximum absolute atomic E-state index is 12.1. The number of rotatable bonds is 5. The van der Waals surface area contributed by atoms with Gasteiger partial charge in [-0.1, -0.05) is 0 Å². The summed E-state index contributed by atoms with van der Waals surface area (Å²) < 4.78 is 25.5. The molecule has 0 atom stereocenters. The number of nitro groups is 1. The molecule has 0 aliphatic carbocycles. The standard InChI is InChI=1S/C12H12N6O6S/c1-16-11(19)10(14-17(2)12(16)20)25(23,24)15-13-7-8-3-5-9(6-4-8)18(21)22/h3-7,15H,1-2H3. The van der Waals surface area contributed by atoms with Crippen LogP contribution < -0.4 is 16.1 Å². The molecule has 0 bridgehead atoms. The highest BCUT2D eigenvalue weighted by Gasteiger charge is 2.23. The molecular weight excluding hydrogens is 356 g/mol. The van der Waals surface area contributed by atoms with Crippen LogP contribution in [0.3, 0.4) is 0 Å². The van der Waals surface area contributed by atoms with E-state index >= 15 is 0 Å². The van der Waals surface area contributed by atoms with Gasteiger partial charge in [-0.25, -0.2) is 9.48 Å². The maximum atomic E-state index is 12.1. The molecule has 2 rings (SSSR count). The van der Waals surface area contributed by atoms with Gasteiger partial charge in [-0.2, -0.15) is 18.4 Å². The first-order valence-corrected chi connectivity index (χ1v) is 8.05. The van der Waals surface area contributed by atoms with Gasteiger partial charge in [-0.15, -0.1) is 5.10 Å². The number of sulfonamides is 1. The molecule has 1 heterocycles. The van der Waals surface area contributed by atoms with E-state index in [1.54, 1.807) is 4.83 Å². The van der Waals surface area contributed by atoms with Crippen molar-refractivity contribution in [1.29, 1.82) is 0 Å². The van der Waals surface area contributed by atoms with Gasteiger partial charge in [0, 0.05) is 26.2 Å². The fourth-order valence-corrected chi connectivity index (χ4v) is 2.61. The van der Waals surface area contributed by atoms with Crippen molar-refractivity contribution in [1.82, 2.24) is 19.2 Å². The van der Waals surface area contributed by atoms with Gasteiger partial charge >= 0.3 is 15.7 Å². The molecule has 0 saturated carbocycles. The second-order valence-corrected chi connectivity index (χ2v) is 6.35. The Hall–Kier alpha value is -3.35. The minimum Gasteiger partial charge on any atom is -0.266 e. The molecule has 0 spiro atoms. The number of benzene rings is 1. The molecule has 1 N–H and O–H groups in total. The highest BCUT2D eigenvalue weighted by Crippen LogP contribution is 2.10. The Morgan fingerprint density at radius 3 is 2.40 bits per heavy atom. The third-order valence-electron chi connectivity index (χ3n) is 3.04. The second-order valence-electron chi connectivity index (χ2n) is 4.78.